The molecule has 0 atom stereocenters. The van der Waals surface area contributed by atoms with Crippen molar-refractivity contribution in [1.29, 1.82) is 0 Å². The third-order valence-corrected chi connectivity index (χ3v) is 6.01. The van der Waals surface area contributed by atoms with Gasteiger partial charge < -0.3 is 4.57 Å². The van der Waals surface area contributed by atoms with Gasteiger partial charge in [0.15, 0.2) is 4.80 Å². The second kappa shape index (κ2) is 7.21. The van der Waals surface area contributed by atoms with Gasteiger partial charge in [-0.25, -0.2) is 0 Å². The first-order valence-corrected chi connectivity index (χ1v) is 9.64. The first kappa shape index (κ1) is 17.8. The monoisotopic (exact) mass is 410 g/mol. The van der Waals surface area contributed by atoms with E-state index < -0.39 is 0 Å². The van der Waals surface area contributed by atoms with Crippen LogP contribution in [0.15, 0.2) is 59.6 Å². The Morgan fingerprint density at radius 3 is 2.67 bits per heavy atom. The van der Waals surface area contributed by atoms with Gasteiger partial charge in [0.05, 0.1) is 26.8 Å². The van der Waals surface area contributed by atoms with Gasteiger partial charge in [0.2, 0.25) is 0 Å². The van der Waals surface area contributed by atoms with Crippen molar-refractivity contribution in [3.63, 3.8) is 0 Å². The Bertz CT molecular complexity index is 1310. The number of rotatable bonds is 2. The summed E-state index contributed by atoms with van der Waals surface area (Å²) in [7, 11) is 0. The summed E-state index contributed by atoms with van der Waals surface area (Å²) < 4.78 is 2.61. The lowest BCUT2D eigenvalue weighted by molar-refractivity contribution is 0.0998. The molecule has 27 heavy (non-hydrogen) atoms. The van der Waals surface area contributed by atoms with Crippen LogP contribution < -0.4 is 4.80 Å². The molecule has 0 radical (unpaired) electrons. The highest BCUT2D eigenvalue weighted by Gasteiger charge is 2.13. The van der Waals surface area contributed by atoms with Crippen molar-refractivity contribution in [2.45, 2.75) is 6.54 Å². The molecule has 4 rings (SSSR count). The number of fused-ring (bicyclic) bond motifs is 2. The Hall–Kier alpha value is -2.58. The molecule has 1 amide bonds. The maximum absolute atomic E-state index is 12.8. The predicted octanol–water partition coefficient (Wildman–Crippen LogP) is 5.54. The molecule has 0 spiro atoms. The number of thiazole rings is 1. The van der Waals surface area contributed by atoms with Gasteiger partial charge >= 0.3 is 0 Å². The number of terminal acetylenes is 1. The average molecular weight is 411 g/mol. The molecule has 0 unspecified atom stereocenters. The Morgan fingerprint density at radius 1 is 1.11 bits per heavy atom. The first-order valence-electron chi connectivity index (χ1n) is 8.07. The third kappa shape index (κ3) is 3.26. The first-order chi connectivity index (χ1) is 13.1. The van der Waals surface area contributed by atoms with Gasteiger partial charge in [-0.05, 0) is 35.0 Å². The van der Waals surface area contributed by atoms with Crippen LogP contribution in [-0.2, 0) is 6.54 Å². The van der Waals surface area contributed by atoms with Crippen LogP contribution in [-0.4, -0.2) is 10.5 Å². The number of halogens is 2. The van der Waals surface area contributed by atoms with E-state index in [4.69, 9.17) is 29.6 Å². The Kier molecular flexibility index (Phi) is 4.75. The van der Waals surface area contributed by atoms with Crippen LogP contribution in [0.2, 0.25) is 10.0 Å². The molecule has 132 valence electrons. The van der Waals surface area contributed by atoms with Gasteiger partial charge in [-0.3, -0.25) is 4.79 Å². The lowest BCUT2D eigenvalue weighted by Crippen LogP contribution is -2.16. The summed E-state index contributed by atoms with van der Waals surface area (Å²) in [5, 5.41) is 2.89. The summed E-state index contributed by atoms with van der Waals surface area (Å²) >= 11 is 13.8. The van der Waals surface area contributed by atoms with E-state index in [1.807, 2.05) is 42.5 Å². The van der Waals surface area contributed by atoms with Gasteiger partial charge in [-0.2, -0.15) is 4.99 Å². The fourth-order valence-corrected chi connectivity index (χ4v) is 4.41. The summed E-state index contributed by atoms with van der Waals surface area (Å²) in [5.74, 6) is 2.25. The van der Waals surface area contributed by atoms with Crippen LogP contribution in [0.3, 0.4) is 0 Å². The second-order valence-electron chi connectivity index (χ2n) is 5.86. The van der Waals surface area contributed by atoms with Gasteiger partial charge in [0, 0.05) is 5.56 Å². The van der Waals surface area contributed by atoms with E-state index in [9.17, 15) is 4.79 Å². The van der Waals surface area contributed by atoms with E-state index in [0.717, 1.165) is 15.5 Å². The van der Waals surface area contributed by atoms with E-state index in [1.54, 1.807) is 16.7 Å². The van der Waals surface area contributed by atoms with E-state index in [1.165, 1.54) is 11.3 Å². The average Bonchev–Trinajstić information content (AvgIpc) is 3.02. The van der Waals surface area contributed by atoms with E-state index in [-0.39, 0.29) is 12.5 Å². The zero-order valence-electron chi connectivity index (χ0n) is 13.9. The summed E-state index contributed by atoms with van der Waals surface area (Å²) in [6.07, 6.45) is 5.50. The van der Waals surface area contributed by atoms with Crippen molar-refractivity contribution >= 4 is 61.4 Å². The molecule has 0 aliphatic heterocycles. The van der Waals surface area contributed by atoms with Crippen molar-refractivity contribution < 1.29 is 4.79 Å². The minimum atomic E-state index is -0.333. The fraction of sp³-hybridized carbons (Fsp3) is 0.0476. The molecule has 0 fully saturated rings. The standard InChI is InChI=1S/C21H12Cl2N2OS/c1-2-11-25-19-17(10-9-16(22)18(19)23)27-21(25)24-20(26)15-8-7-13-5-3-4-6-14(13)12-15/h1,3-10,12H,11H2. The molecule has 4 aromatic rings. The molecule has 0 saturated carbocycles. The maximum Gasteiger partial charge on any atom is 0.279 e. The quantitative estimate of drug-likeness (QED) is 0.399. The van der Waals surface area contributed by atoms with E-state index in [0.29, 0.717) is 25.9 Å². The maximum atomic E-state index is 12.8. The SMILES string of the molecule is C#CCn1c(=NC(=O)c2ccc3ccccc3c2)sc2ccc(Cl)c(Cl)c21. The van der Waals surface area contributed by atoms with Crippen molar-refractivity contribution in [1.82, 2.24) is 4.57 Å². The number of carbonyl (C=O) groups excluding carboxylic acids is 1. The van der Waals surface area contributed by atoms with Gasteiger partial charge in [-0.15, -0.1) is 6.42 Å². The molecule has 1 heterocycles. The molecule has 6 heteroatoms. The van der Waals surface area contributed by atoms with Gasteiger partial charge in [0.1, 0.15) is 0 Å². The lowest BCUT2D eigenvalue weighted by Gasteiger charge is -2.03. The minimum Gasteiger partial charge on any atom is -0.303 e. The Morgan fingerprint density at radius 2 is 1.89 bits per heavy atom. The fourth-order valence-electron chi connectivity index (χ4n) is 2.90. The number of benzene rings is 3. The third-order valence-electron chi connectivity index (χ3n) is 4.18. The van der Waals surface area contributed by atoms with Crippen LogP contribution in [0, 0.1) is 12.3 Å². The number of amides is 1. The second-order valence-corrected chi connectivity index (χ2v) is 7.66. The molecule has 0 aliphatic carbocycles. The van der Waals surface area contributed by atoms with Crippen LogP contribution in [0.4, 0.5) is 0 Å². The number of nitrogens with zero attached hydrogens (tertiary/aromatic N) is 2. The predicted molar refractivity (Wildman–Crippen MR) is 113 cm³/mol. The van der Waals surface area contributed by atoms with Crippen LogP contribution in [0.5, 0.6) is 0 Å². The highest BCUT2D eigenvalue weighted by atomic mass is 35.5. The smallest absolute Gasteiger partial charge is 0.279 e. The van der Waals surface area contributed by atoms with Crippen LogP contribution >= 0.6 is 34.5 Å². The largest absolute Gasteiger partial charge is 0.303 e. The highest BCUT2D eigenvalue weighted by Crippen LogP contribution is 2.32. The number of hydrogen-bond acceptors (Lipinski definition) is 2. The summed E-state index contributed by atoms with van der Waals surface area (Å²) in [6, 6.07) is 17.0. The molecule has 0 bridgehead atoms. The number of carbonyl (C=O) groups is 1. The van der Waals surface area contributed by atoms with Crippen molar-refractivity contribution in [3.05, 3.63) is 75.0 Å². The molecule has 3 aromatic carbocycles. The molecule has 3 nitrogen and oxygen atoms in total. The normalized spacial score (nSPS) is 11.8. The van der Waals surface area contributed by atoms with Crippen LogP contribution in [0.25, 0.3) is 21.0 Å². The Labute approximate surface area is 169 Å². The molecular weight excluding hydrogens is 399 g/mol. The highest BCUT2D eigenvalue weighted by molar-refractivity contribution is 7.16. The number of hydrogen-bond donors (Lipinski definition) is 0. The summed E-state index contributed by atoms with van der Waals surface area (Å²) in [5.41, 5.74) is 1.21. The topological polar surface area (TPSA) is 34.4 Å². The summed E-state index contributed by atoms with van der Waals surface area (Å²) in [4.78, 5) is 17.6. The lowest BCUT2D eigenvalue weighted by atomic mass is 10.1. The van der Waals surface area contributed by atoms with Gasteiger partial charge in [0.25, 0.3) is 5.91 Å². The van der Waals surface area contributed by atoms with Crippen molar-refractivity contribution in [2.24, 2.45) is 4.99 Å². The molecule has 0 saturated heterocycles. The number of aromatic nitrogens is 1. The summed E-state index contributed by atoms with van der Waals surface area (Å²) in [6.45, 7) is 0.240. The molecular formula is C21H12Cl2N2OS. The zero-order valence-corrected chi connectivity index (χ0v) is 16.3. The molecule has 1 aromatic heterocycles. The van der Waals surface area contributed by atoms with Crippen molar-refractivity contribution in [3.8, 4) is 12.3 Å². The van der Waals surface area contributed by atoms with Crippen LogP contribution in [0.1, 0.15) is 10.4 Å². The van der Waals surface area contributed by atoms with Gasteiger partial charge in [-0.1, -0.05) is 70.8 Å². The molecule has 0 aliphatic rings. The van der Waals surface area contributed by atoms with Crippen molar-refractivity contribution in [2.75, 3.05) is 0 Å². The Balaban J connectivity index is 1.88. The van der Waals surface area contributed by atoms with E-state index in [2.05, 4.69) is 10.9 Å². The molecule has 0 N–H and O–H groups in total. The van der Waals surface area contributed by atoms with E-state index >= 15 is 0 Å². The zero-order chi connectivity index (χ0) is 19.0. The minimum absolute atomic E-state index is 0.240.